The molecule has 1 fully saturated rings. The van der Waals surface area contributed by atoms with Crippen LogP contribution in [0.2, 0.25) is 0 Å². The van der Waals surface area contributed by atoms with Crippen molar-refractivity contribution in [3.63, 3.8) is 0 Å². The molecular weight excluding hydrogens is 316 g/mol. The van der Waals surface area contributed by atoms with Crippen molar-refractivity contribution in [2.45, 2.75) is 40.2 Å². The second-order valence-corrected chi connectivity index (χ2v) is 7.49. The maximum atomic E-state index is 12.2. The summed E-state index contributed by atoms with van der Waals surface area (Å²) in [7, 11) is 0. The number of carboxylic acids is 1. The summed E-state index contributed by atoms with van der Waals surface area (Å²) >= 11 is 0.776. The number of hydrogen-bond donors (Lipinski definition) is 1. The molecule has 0 aromatic carbocycles. The van der Waals surface area contributed by atoms with Crippen molar-refractivity contribution in [3.05, 3.63) is 27.9 Å². The molecule has 1 aromatic rings. The lowest BCUT2D eigenvalue weighted by molar-refractivity contribution is -0.140. The molecule has 7 heteroatoms. The van der Waals surface area contributed by atoms with Gasteiger partial charge in [0.05, 0.1) is 4.91 Å². The molecule has 23 heavy (non-hydrogen) atoms. The van der Waals surface area contributed by atoms with E-state index in [1.807, 2.05) is 19.9 Å². The fourth-order valence-corrected chi connectivity index (χ4v) is 3.71. The summed E-state index contributed by atoms with van der Waals surface area (Å²) in [5.41, 5.74) is 2.83. The van der Waals surface area contributed by atoms with Gasteiger partial charge in [0.15, 0.2) is 0 Å². The van der Waals surface area contributed by atoms with E-state index >= 15 is 0 Å². The van der Waals surface area contributed by atoms with E-state index in [-0.39, 0.29) is 10.4 Å². The molecular formula is C16H20N2O4S. The van der Waals surface area contributed by atoms with E-state index in [9.17, 15) is 14.4 Å². The van der Waals surface area contributed by atoms with Crippen LogP contribution in [0.1, 0.15) is 37.7 Å². The number of amides is 2. The number of carbonyl (C=O) groups excluding carboxylic acids is 2. The van der Waals surface area contributed by atoms with Gasteiger partial charge in [-0.1, -0.05) is 0 Å². The number of aromatic nitrogens is 1. The number of aryl methyl sites for hydroxylation is 1. The average Bonchev–Trinajstić information content (AvgIpc) is 2.80. The minimum atomic E-state index is -1.21. The number of carboxylic acid groups (broad SMARTS) is 1. The summed E-state index contributed by atoms with van der Waals surface area (Å²) in [5, 5.41) is 8.23. The molecule has 1 saturated heterocycles. The molecule has 0 atom stereocenters. The molecule has 1 N–H and O–H groups in total. The van der Waals surface area contributed by atoms with Crippen molar-refractivity contribution >= 4 is 35.0 Å². The van der Waals surface area contributed by atoms with Crippen molar-refractivity contribution in [1.82, 2.24) is 9.47 Å². The number of nitrogens with zero attached hydrogens (tertiary/aromatic N) is 2. The van der Waals surface area contributed by atoms with Crippen molar-refractivity contribution < 1.29 is 19.5 Å². The van der Waals surface area contributed by atoms with Gasteiger partial charge in [-0.2, -0.15) is 0 Å². The van der Waals surface area contributed by atoms with E-state index in [1.165, 1.54) is 0 Å². The highest BCUT2D eigenvalue weighted by atomic mass is 32.2. The van der Waals surface area contributed by atoms with Gasteiger partial charge in [-0.3, -0.25) is 19.3 Å². The van der Waals surface area contributed by atoms with Crippen LogP contribution < -0.4 is 0 Å². The molecule has 1 aliphatic rings. The van der Waals surface area contributed by atoms with Gasteiger partial charge < -0.3 is 9.67 Å². The standard InChI is InChI=1S/C16H20N2O4S/c1-9-6-11(10(2)18(9)16(3,4)5)7-12-14(21)17(8-13(19)20)15(22)23-12/h6-7H,8H2,1-5H3,(H,19,20)/b12-7+. The van der Waals surface area contributed by atoms with Crippen molar-refractivity contribution in [2.75, 3.05) is 6.54 Å². The first-order valence-corrected chi connectivity index (χ1v) is 8.00. The lowest BCUT2D eigenvalue weighted by Crippen LogP contribution is -2.33. The van der Waals surface area contributed by atoms with Crippen LogP contribution in [0.25, 0.3) is 6.08 Å². The first-order chi connectivity index (χ1) is 10.5. The SMILES string of the molecule is Cc1cc(/C=C2/SC(=O)N(CC(=O)O)C2=O)c(C)n1C(C)(C)C. The van der Waals surface area contributed by atoms with Crippen LogP contribution in [-0.2, 0) is 15.1 Å². The highest BCUT2D eigenvalue weighted by Crippen LogP contribution is 2.34. The molecule has 0 saturated carbocycles. The third kappa shape index (κ3) is 3.34. The van der Waals surface area contributed by atoms with Crippen LogP contribution in [-0.4, -0.2) is 38.2 Å². The zero-order valence-corrected chi connectivity index (χ0v) is 14.7. The Hall–Kier alpha value is -2.02. The molecule has 0 bridgehead atoms. The number of rotatable bonds is 3. The Morgan fingerprint density at radius 2 is 1.91 bits per heavy atom. The van der Waals surface area contributed by atoms with Gasteiger partial charge in [-0.15, -0.1) is 0 Å². The summed E-state index contributed by atoms with van der Waals surface area (Å²) in [5.74, 6) is -1.76. The number of imide groups is 1. The van der Waals surface area contributed by atoms with Crippen LogP contribution in [0.15, 0.2) is 11.0 Å². The Morgan fingerprint density at radius 3 is 2.39 bits per heavy atom. The minimum Gasteiger partial charge on any atom is -0.480 e. The molecule has 6 nitrogen and oxygen atoms in total. The molecule has 0 unspecified atom stereocenters. The Kier molecular flexibility index (Phi) is 4.43. The van der Waals surface area contributed by atoms with Crippen molar-refractivity contribution in [1.29, 1.82) is 0 Å². The van der Waals surface area contributed by atoms with Crippen LogP contribution in [0.3, 0.4) is 0 Å². The molecule has 124 valence electrons. The smallest absolute Gasteiger partial charge is 0.323 e. The topological polar surface area (TPSA) is 79.6 Å². The largest absolute Gasteiger partial charge is 0.480 e. The lowest BCUT2D eigenvalue weighted by Gasteiger charge is -2.25. The van der Waals surface area contributed by atoms with E-state index in [4.69, 9.17) is 5.11 Å². The van der Waals surface area contributed by atoms with Gasteiger partial charge in [-0.25, -0.2) is 0 Å². The predicted molar refractivity (Wildman–Crippen MR) is 89.2 cm³/mol. The summed E-state index contributed by atoms with van der Waals surface area (Å²) in [6.07, 6.45) is 1.66. The molecule has 2 amide bonds. The van der Waals surface area contributed by atoms with E-state index < -0.39 is 23.7 Å². The summed E-state index contributed by atoms with van der Waals surface area (Å²) in [6, 6.07) is 1.96. The molecule has 2 rings (SSSR count). The number of thioether (sulfide) groups is 1. The van der Waals surface area contributed by atoms with Gasteiger partial charge in [0.1, 0.15) is 6.54 Å². The predicted octanol–water partition coefficient (Wildman–Crippen LogP) is 2.98. The minimum absolute atomic E-state index is 0.0943. The molecule has 1 aliphatic heterocycles. The second-order valence-electron chi connectivity index (χ2n) is 6.49. The van der Waals surface area contributed by atoms with E-state index in [2.05, 4.69) is 25.3 Å². The van der Waals surface area contributed by atoms with Crippen LogP contribution in [0, 0.1) is 13.8 Å². The van der Waals surface area contributed by atoms with Gasteiger partial charge in [0.25, 0.3) is 11.1 Å². The fourth-order valence-electron chi connectivity index (χ4n) is 2.88. The van der Waals surface area contributed by atoms with Gasteiger partial charge in [0.2, 0.25) is 0 Å². The highest BCUT2D eigenvalue weighted by molar-refractivity contribution is 8.18. The Labute approximate surface area is 139 Å². The van der Waals surface area contributed by atoms with Gasteiger partial charge in [-0.05, 0) is 64.1 Å². The fraction of sp³-hybridized carbons (Fsp3) is 0.438. The van der Waals surface area contributed by atoms with Crippen LogP contribution in [0.4, 0.5) is 4.79 Å². The maximum absolute atomic E-state index is 12.2. The molecule has 0 spiro atoms. The Bertz CT molecular complexity index is 725. The van der Waals surface area contributed by atoms with Gasteiger partial charge >= 0.3 is 5.97 Å². The van der Waals surface area contributed by atoms with E-state index in [0.717, 1.165) is 33.6 Å². The summed E-state index contributed by atoms with van der Waals surface area (Å²) in [6.45, 7) is 9.63. The quantitative estimate of drug-likeness (QED) is 0.858. The summed E-state index contributed by atoms with van der Waals surface area (Å²) < 4.78 is 2.17. The average molecular weight is 336 g/mol. The molecule has 0 aliphatic carbocycles. The third-order valence-electron chi connectivity index (χ3n) is 3.59. The first-order valence-electron chi connectivity index (χ1n) is 7.19. The zero-order valence-electron chi connectivity index (χ0n) is 13.8. The monoisotopic (exact) mass is 336 g/mol. The lowest BCUT2D eigenvalue weighted by atomic mass is 10.1. The molecule has 2 heterocycles. The van der Waals surface area contributed by atoms with Crippen molar-refractivity contribution in [3.8, 4) is 0 Å². The van der Waals surface area contributed by atoms with Crippen LogP contribution in [0.5, 0.6) is 0 Å². The normalized spacial score (nSPS) is 17.4. The number of hydrogen-bond acceptors (Lipinski definition) is 4. The molecule has 0 radical (unpaired) electrons. The maximum Gasteiger partial charge on any atom is 0.323 e. The second kappa shape index (κ2) is 5.88. The van der Waals surface area contributed by atoms with Crippen LogP contribution >= 0.6 is 11.8 Å². The van der Waals surface area contributed by atoms with E-state index in [0.29, 0.717) is 0 Å². The highest BCUT2D eigenvalue weighted by Gasteiger charge is 2.36. The first kappa shape index (κ1) is 17.3. The molecule has 1 aromatic heterocycles. The number of carbonyl (C=O) groups is 3. The zero-order chi connectivity index (χ0) is 17.5. The Morgan fingerprint density at radius 1 is 1.30 bits per heavy atom. The third-order valence-corrected chi connectivity index (χ3v) is 4.50. The number of aliphatic carboxylic acids is 1. The van der Waals surface area contributed by atoms with Crippen molar-refractivity contribution in [2.24, 2.45) is 0 Å². The van der Waals surface area contributed by atoms with E-state index in [1.54, 1.807) is 6.08 Å². The Balaban J connectivity index is 2.39. The van der Waals surface area contributed by atoms with Gasteiger partial charge in [0, 0.05) is 16.9 Å². The summed E-state index contributed by atoms with van der Waals surface area (Å²) in [4.78, 5) is 35.7.